The molecule has 0 amide bonds. The van der Waals surface area contributed by atoms with Crippen LogP contribution in [0.2, 0.25) is 0 Å². The van der Waals surface area contributed by atoms with Crippen LogP contribution in [0.1, 0.15) is 17.3 Å². The number of aromatic carboxylic acids is 1. The Kier molecular flexibility index (Phi) is 2.79. The molecule has 80 valence electrons. The number of nitro groups is 1. The normalized spacial score (nSPS) is 9.93. The summed E-state index contributed by atoms with van der Waals surface area (Å²) in [4.78, 5) is 30.8. The fraction of sp³-hybridized carbons (Fsp3) is 0.286. The summed E-state index contributed by atoms with van der Waals surface area (Å²) >= 11 is 0. The van der Waals surface area contributed by atoms with Gasteiger partial charge in [0, 0.05) is 0 Å². The quantitative estimate of drug-likeness (QED) is 0.559. The Morgan fingerprint density at radius 3 is 2.60 bits per heavy atom. The van der Waals surface area contributed by atoms with Gasteiger partial charge in [0.25, 0.3) is 0 Å². The number of aromatic nitrogens is 2. The molecule has 0 bridgehead atoms. The Morgan fingerprint density at radius 2 is 2.27 bits per heavy atom. The predicted octanol–water partition coefficient (Wildman–Crippen LogP) is 0.0785. The summed E-state index contributed by atoms with van der Waals surface area (Å²) in [6, 6.07) is 0. The van der Waals surface area contributed by atoms with E-state index in [0.717, 1.165) is 10.9 Å². The average Bonchev–Trinajstić information content (AvgIpc) is 2.46. The molecule has 0 spiro atoms. The summed E-state index contributed by atoms with van der Waals surface area (Å²) < 4.78 is 0.934. The molecule has 0 aliphatic heterocycles. The van der Waals surface area contributed by atoms with Crippen molar-refractivity contribution in [2.45, 2.75) is 13.5 Å². The van der Waals surface area contributed by atoms with Gasteiger partial charge < -0.3 is 15.2 Å². The first-order valence-electron chi connectivity index (χ1n) is 3.86. The van der Waals surface area contributed by atoms with Crippen LogP contribution in [-0.2, 0) is 11.3 Å². The van der Waals surface area contributed by atoms with Crippen LogP contribution in [0.15, 0.2) is 6.20 Å². The Hall–Kier alpha value is -2.25. The SMILES string of the molecule is CC(=O)Cn1cc(C(=O)O)c([N+](=O)[O-])n1. The zero-order valence-electron chi connectivity index (χ0n) is 7.71. The Labute approximate surface area is 83.3 Å². The summed E-state index contributed by atoms with van der Waals surface area (Å²) in [7, 11) is 0. The number of Topliss-reactive ketones (excluding diaryl/α,β-unsaturated/α-hetero) is 1. The van der Waals surface area contributed by atoms with Crippen LogP contribution in [0, 0.1) is 10.1 Å². The zero-order valence-corrected chi connectivity index (χ0v) is 7.71. The Morgan fingerprint density at radius 1 is 1.67 bits per heavy atom. The summed E-state index contributed by atoms with van der Waals surface area (Å²) in [6.45, 7) is 1.09. The molecular weight excluding hydrogens is 206 g/mol. The second-order valence-electron chi connectivity index (χ2n) is 2.83. The van der Waals surface area contributed by atoms with Crippen LogP contribution in [0.5, 0.6) is 0 Å². The van der Waals surface area contributed by atoms with E-state index in [4.69, 9.17) is 5.11 Å². The van der Waals surface area contributed by atoms with Crippen molar-refractivity contribution in [1.82, 2.24) is 9.78 Å². The highest BCUT2D eigenvalue weighted by Gasteiger charge is 2.26. The van der Waals surface area contributed by atoms with Gasteiger partial charge in [0.15, 0.2) is 11.3 Å². The van der Waals surface area contributed by atoms with Gasteiger partial charge in [-0.15, -0.1) is 0 Å². The van der Waals surface area contributed by atoms with Crippen LogP contribution >= 0.6 is 0 Å². The lowest BCUT2D eigenvalue weighted by molar-refractivity contribution is -0.390. The van der Waals surface area contributed by atoms with Crippen molar-refractivity contribution in [2.24, 2.45) is 0 Å². The molecule has 15 heavy (non-hydrogen) atoms. The van der Waals surface area contributed by atoms with E-state index in [1.54, 1.807) is 0 Å². The lowest BCUT2D eigenvalue weighted by atomic mass is 10.3. The number of hydrogen-bond donors (Lipinski definition) is 1. The van der Waals surface area contributed by atoms with Gasteiger partial charge in [0.1, 0.15) is 6.54 Å². The number of carboxylic acids is 1. The lowest BCUT2D eigenvalue weighted by Gasteiger charge is -1.88. The van der Waals surface area contributed by atoms with Crippen molar-refractivity contribution in [1.29, 1.82) is 0 Å². The molecule has 1 aromatic rings. The minimum Gasteiger partial charge on any atom is -0.477 e. The molecule has 0 aliphatic carbocycles. The first kappa shape index (κ1) is 10.8. The first-order chi connectivity index (χ1) is 6.91. The van der Waals surface area contributed by atoms with Crippen LogP contribution < -0.4 is 0 Å². The molecule has 0 unspecified atom stereocenters. The maximum Gasteiger partial charge on any atom is 0.404 e. The smallest absolute Gasteiger partial charge is 0.404 e. The zero-order chi connectivity index (χ0) is 11.6. The Balaban J connectivity index is 3.15. The molecule has 1 aromatic heterocycles. The maximum atomic E-state index is 10.7. The third kappa shape index (κ3) is 2.36. The third-order valence-electron chi connectivity index (χ3n) is 1.53. The largest absolute Gasteiger partial charge is 0.477 e. The topological polar surface area (TPSA) is 115 Å². The van der Waals surface area contributed by atoms with Crippen molar-refractivity contribution in [3.63, 3.8) is 0 Å². The number of nitrogens with zero attached hydrogens (tertiary/aromatic N) is 3. The molecular formula is C7H7N3O5. The van der Waals surface area contributed by atoms with Gasteiger partial charge in [-0.05, 0) is 11.8 Å². The van der Waals surface area contributed by atoms with E-state index in [1.165, 1.54) is 6.92 Å². The van der Waals surface area contributed by atoms with Crippen LogP contribution in [-0.4, -0.2) is 31.6 Å². The highest BCUT2D eigenvalue weighted by molar-refractivity contribution is 5.91. The van der Waals surface area contributed by atoms with Crippen LogP contribution in [0.4, 0.5) is 5.82 Å². The van der Waals surface area contributed by atoms with E-state index in [1.807, 2.05) is 0 Å². The molecule has 8 heteroatoms. The summed E-state index contributed by atoms with van der Waals surface area (Å²) in [5.41, 5.74) is -0.527. The molecule has 1 heterocycles. The number of rotatable bonds is 4. The maximum absolute atomic E-state index is 10.7. The third-order valence-corrected chi connectivity index (χ3v) is 1.53. The molecule has 0 atom stereocenters. The summed E-state index contributed by atoms with van der Waals surface area (Å²) in [5, 5.41) is 22.4. The fourth-order valence-corrected chi connectivity index (χ4v) is 1.01. The van der Waals surface area contributed by atoms with Gasteiger partial charge >= 0.3 is 11.8 Å². The molecule has 8 nitrogen and oxygen atoms in total. The standard InChI is InChI=1S/C7H7N3O5/c1-4(11)2-9-3-5(7(12)13)6(8-9)10(14)15/h3H,2H2,1H3,(H,12,13). The average molecular weight is 213 g/mol. The first-order valence-corrected chi connectivity index (χ1v) is 3.86. The summed E-state index contributed by atoms with van der Waals surface area (Å²) in [6.07, 6.45) is 0.960. The van der Waals surface area contributed by atoms with E-state index in [-0.39, 0.29) is 12.3 Å². The van der Waals surface area contributed by atoms with E-state index in [9.17, 15) is 19.7 Å². The predicted molar refractivity (Wildman–Crippen MR) is 46.5 cm³/mol. The number of ketones is 1. The van der Waals surface area contributed by atoms with E-state index in [0.29, 0.717) is 0 Å². The molecule has 1 N–H and O–H groups in total. The number of carbonyl (C=O) groups is 2. The van der Waals surface area contributed by atoms with Crippen LogP contribution in [0.3, 0.4) is 0 Å². The monoisotopic (exact) mass is 213 g/mol. The molecule has 0 saturated heterocycles. The van der Waals surface area contributed by atoms with Crippen LogP contribution in [0.25, 0.3) is 0 Å². The molecule has 1 rings (SSSR count). The molecule has 0 aromatic carbocycles. The van der Waals surface area contributed by atoms with Gasteiger partial charge in [0.2, 0.25) is 0 Å². The van der Waals surface area contributed by atoms with Gasteiger partial charge in [-0.2, -0.15) is 4.68 Å². The van der Waals surface area contributed by atoms with Gasteiger partial charge in [0.05, 0.1) is 11.3 Å². The summed E-state index contributed by atoms with van der Waals surface area (Å²) in [5.74, 6) is -2.48. The highest BCUT2D eigenvalue weighted by Crippen LogP contribution is 2.15. The van der Waals surface area contributed by atoms with E-state index in [2.05, 4.69) is 5.10 Å². The Bertz CT molecular complexity index is 404. The van der Waals surface area contributed by atoms with Crippen molar-refractivity contribution < 1.29 is 19.6 Å². The van der Waals surface area contributed by atoms with Crippen molar-refractivity contribution >= 4 is 17.6 Å². The van der Waals surface area contributed by atoms with E-state index >= 15 is 0 Å². The molecule has 0 radical (unpaired) electrons. The van der Waals surface area contributed by atoms with Gasteiger partial charge in [-0.25, -0.2) is 4.79 Å². The second-order valence-corrected chi connectivity index (χ2v) is 2.83. The number of hydrogen-bond acceptors (Lipinski definition) is 5. The van der Waals surface area contributed by atoms with Crippen molar-refractivity contribution in [2.75, 3.05) is 0 Å². The van der Waals surface area contributed by atoms with Gasteiger partial charge in [-0.3, -0.25) is 4.79 Å². The minimum atomic E-state index is -1.45. The number of carbonyl (C=O) groups excluding carboxylic acids is 1. The molecule has 0 aliphatic rings. The van der Waals surface area contributed by atoms with E-state index < -0.39 is 22.3 Å². The van der Waals surface area contributed by atoms with Crippen molar-refractivity contribution in [3.8, 4) is 0 Å². The number of carboxylic acid groups (broad SMARTS) is 1. The molecule has 0 saturated carbocycles. The molecule has 0 fully saturated rings. The minimum absolute atomic E-state index is 0.186. The van der Waals surface area contributed by atoms with Crippen molar-refractivity contribution in [3.05, 3.63) is 21.9 Å². The lowest BCUT2D eigenvalue weighted by Crippen LogP contribution is -2.06. The highest BCUT2D eigenvalue weighted by atomic mass is 16.6. The van der Waals surface area contributed by atoms with Gasteiger partial charge in [-0.1, -0.05) is 0 Å². The second kappa shape index (κ2) is 3.86. The fourth-order valence-electron chi connectivity index (χ4n) is 1.01.